The third-order valence-electron chi connectivity index (χ3n) is 2.34. The van der Waals surface area contributed by atoms with Crippen molar-refractivity contribution in [1.29, 1.82) is 0 Å². The minimum Gasteiger partial charge on any atom is -0.287 e. The van der Waals surface area contributed by atoms with Gasteiger partial charge < -0.3 is 0 Å². The predicted octanol–water partition coefficient (Wildman–Crippen LogP) is 2.27. The first kappa shape index (κ1) is 10.5. The molecule has 0 fully saturated rings. The van der Waals surface area contributed by atoms with Crippen molar-refractivity contribution in [2.45, 2.75) is 13.5 Å². The number of nitrogens with zero attached hydrogens (tertiary/aromatic N) is 2. The van der Waals surface area contributed by atoms with Crippen molar-refractivity contribution in [2.75, 3.05) is 0 Å². The fourth-order valence-corrected chi connectivity index (χ4v) is 1.56. The molecule has 0 radical (unpaired) electrons. The molecule has 0 aliphatic rings. The first-order chi connectivity index (χ1) is 7.72. The summed E-state index contributed by atoms with van der Waals surface area (Å²) in [7, 11) is 0. The van der Waals surface area contributed by atoms with Crippen LogP contribution in [0.2, 0.25) is 0 Å². The summed E-state index contributed by atoms with van der Waals surface area (Å²) < 4.78 is 14.6. The van der Waals surface area contributed by atoms with Gasteiger partial charge in [-0.2, -0.15) is 5.10 Å². The van der Waals surface area contributed by atoms with Gasteiger partial charge in [0.1, 0.15) is 11.5 Å². The average molecular weight is 218 g/mol. The maximum atomic E-state index is 13.0. The Hall–Kier alpha value is -1.97. The molecule has 0 amide bonds. The van der Waals surface area contributed by atoms with Crippen molar-refractivity contribution in [3.63, 3.8) is 0 Å². The molecule has 0 saturated carbocycles. The maximum absolute atomic E-state index is 13.0. The first-order valence-corrected chi connectivity index (χ1v) is 5.04. The van der Waals surface area contributed by atoms with Crippen LogP contribution in [0.3, 0.4) is 0 Å². The summed E-state index contributed by atoms with van der Waals surface area (Å²) in [5, 5.41) is 4.01. The average Bonchev–Trinajstić information content (AvgIpc) is 2.76. The Morgan fingerprint density at radius 2 is 2.25 bits per heavy atom. The summed E-state index contributed by atoms with van der Waals surface area (Å²) in [6.45, 7) is 2.51. The fraction of sp³-hybridized carbons (Fsp3) is 0.167. The molecule has 0 unspecified atom stereocenters. The first-order valence-electron chi connectivity index (χ1n) is 5.04. The Bertz CT molecular complexity index is 519. The Balaban J connectivity index is 2.39. The third-order valence-corrected chi connectivity index (χ3v) is 2.34. The summed E-state index contributed by atoms with van der Waals surface area (Å²) in [6, 6.07) is 7.30. The molecule has 1 aromatic heterocycles. The van der Waals surface area contributed by atoms with Crippen LogP contribution < -0.4 is 0 Å². The second-order valence-corrected chi connectivity index (χ2v) is 3.37. The lowest BCUT2D eigenvalue weighted by Crippen LogP contribution is -2.10. The van der Waals surface area contributed by atoms with Gasteiger partial charge in [-0.05, 0) is 25.1 Å². The number of aromatic nitrogens is 2. The van der Waals surface area contributed by atoms with Crippen molar-refractivity contribution in [1.82, 2.24) is 9.78 Å². The summed E-state index contributed by atoms with van der Waals surface area (Å²) in [4.78, 5) is 12.0. The fourth-order valence-electron chi connectivity index (χ4n) is 1.56. The SMILES string of the molecule is CCn1nccc1C(=O)c1cccc(F)c1. The Kier molecular flexibility index (Phi) is 2.81. The van der Waals surface area contributed by atoms with Crippen LogP contribution in [0, 0.1) is 5.82 Å². The van der Waals surface area contributed by atoms with E-state index in [1.54, 1.807) is 23.0 Å². The van der Waals surface area contributed by atoms with Gasteiger partial charge in [0.05, 0.1) is 0 Å². The molecule has 4 heteroatoms. The van der Waals surface area contributed by atoms with Gasteiger partial charge in [-0.15, -0.1) is 0 Å². The van der Waals surface area contributed by atoms with Gasteiger partial charge in [0.2, 0.25) is 5.78 Å². The van der Waals surface area contributed by atoms with Gasteiger partial charge in [0, 0.05) is 18.3 Å². The van der Waals surface area contributed by atoms with Crippen molar-refractivity contribution < 1.29 is 9.18 Å². The van der Waals surface area contributed by atoms with E-state index in [1.807, 2.05) is 6.92 Å². The van der Waals surface area contributed by atoms with Gasteiger partial charge in [-0.1, -0.05) is 12.1 Å². The van der Waals surface area contributed by atoms with E-state index in [0.717, 1.165) is 0 Å². The van der Waals surface area contributed by atoms with Crippen LogP contribution in [-0.4, -0.2) is 15.6 Å². The molecule has 0 bridgehead atoms. The zero-order chi connectivity index (χ0) is 11.5. The van der Waals surface area contributed by atoms with E-state index >= 15 is 0 Å². The molecule has 2 aromatic rings. The van der Waals surface area contributed by atoms with E-state index in [4.69, 9.17) is 0 Å². The van der Waals surface area contributed by atoms with Gasteiger partial charge >= 0.3 is 0 Å². The zero-order valence-corrected chi connectivity index (χ0v) is 8.85. The highest BCUT2D eigenvalue weighted by Crippen LogP contribution is 2.10. The van der Waals surface area contributed by atoms with Crippen LogP contribution in [-0.2, 0) is 6.54 Å². The van der Waals surface area contributed by atoms with E-state index < -0.39 is 5.82 Å². The molecule has 3 nitrogen and oxygen atoms in total. The number of rotatable bonds is 3. The Morgan fingerprint density at radius 3 is 2.94 bits per heavy atom. The predicted molar refractivity (Wildman–Crippen MR) is 57.7 cm³/mol. The van der Waals surface area contributed by atoms with Crippen molar-refractivity contribution >= 4 is 5.78 Å². The Labute approximate surface area is 92.5 Å². The lowest BCUT2D eigenvalue weighted by atomic mass is 10.1. The Morgan fingerprint density at radius 1 is 1.44 bits per heavy atom. The monoisotopic (exact) mass is 218 g/mol. The zero-order valence-electron chi connectivity index (χ0n) is 8.85. The van der Waals surface area contributed by atoms with Crippen LogP contribution in [0.5, 0.6) is 0 Å². The number of hydrogen-bond donors (Lipinski definition) is 0. The van der Waals surface area contributed by atoms with E-state index in [-0.39, 0.29) is 5.78 Å². The number of carbonyl (C=O) groups excluding carboxylic acids is 1. The molecule has 0 atom stereocenters. The highest BCUT2D eigenvalue weighted by Gasteiger charge is 2.13. The smallest absolute Gasteiger partial charge is 0.211 e. The summed E-state index contributed by atoms with van der Waals surface area (Å²) >= 11 is 0. The van der Waals surface area contributed by atoms with E-state index in [2.05, 4.69) is 5.10 Å². The highest BCUT2D eigenvalue weighted by molar-refractivity contribution is 6.07. The van der Waals surface area contributed by atoms with E-state index in [1.165, 1.54) is 18.2 Å². The molecule has 82 valence electrons. The second kappa shape index (κ2) is 4.26. The van der Waals surface area contributed by atoms with Crippen LogP contribution >= 0.6 is 0 Å². The van der Waals surface area contributed by atoms with E-state index in [0.29, 0.717) is 17.8 Å². The summed E-state index contributed by atoms with van der Waals surface area (Å²) in [5.74, 6) is -0.618. The summed E-state index contributed by atoms with van der Waals surface area (Å²) in [5.41, 5.74) is 0.823. The standard InChI is InChI=1S/C12H11FN2O/c1-2-15-11(6-7-14-15)12(16)9-4-3-5-10(13)8-9/h3-8H,2H2,1H3. The highest BCUT2D eigenvalue weighted by atomic mass is 19.1. The molecular weight excluding hydrogens is 207 g/mol. The normalized spacial score (nSPS) is 10.4. The molecule has 0 N–H and O–H groups in total. The van der Waals surface area contributed by atoms with Crippen molar-refractivity contribution in [2.24, 2.45) is 0 Å². The van der Waals surface area contributed by atoms with E-state index in [9.17, 15) is 9.18 Å². The van der Waals surface area contributed by atoms with Crippen LogP contribution in [0.1, 0.15) is 23.0 Å². The number of carbonyl (C=O) groups is 1. The van der Waals surface area contributed by atoms with Crippen LogP contribution in [0.4, 0.5) is 4.39 Å². The molecule has 16 heavy (non-hydrogen) atoms. The van der Waals surface area contributed by atoms with Crippen molar-refractivity contribution in [3.05, 3.63) is 53.6 Å². The van der Waals surface area contributed by atoms with Crippen LogP contribution in [0.25, 0.3) is 0 Å². The lowest BCUT2D eigenvalue weighted by molar-refractivity contribution is 0.102. The number of halogens is 1. The quantitative estimate of drug-likeness (QED) is 0.741. The van der Waals surface area contributed by atoms with Gasteiger partial charge in [0.15, 0.2) is 0 Å². The molecule has 0 aliphatic heterocycles. The molecule has 2 rings (SSSR count). The summed E-state index contributed by atoms with van der Waals surface area (Å²) in [6.07, 6.45) is 1.57. The number of hydrogen-bond acceptors (Lipinski definition) is 2. The minimum atomic E-state index is -0.409. The van der Waals surface area contributed by atoms with Crippen molar-refractivity contribution in [3.8, 4) is 0 Å². The largest absolute Gasteiger partial charge is 0.287 e. The molecule has 0 aliphatic carbocycles. The lowest BCUT2D eigenvalue weighted by Gasteiger charge is -2.03. The maximum Gasteiger partial charge on any atom is 0.211 e. The number of ketones is 1. The number of benzene rings is 1. The van der Waals surface area contributed by atoms with Gasteiger partial charge in [-0.3, -0.25) is 9.48 Å². The third kappa shape index (κ3) is 1.86. The van der Waals surface area contributed by atoms with Crippen LogP contribution in [0.15, 0.2) is 36.5 Å². The van der Waals surface area contributed by atoms with Gasteiger partial charge in [-0.25, -0.2) is 4.39 Å². The molecule has 1 aromatic carbocycles. The topological polar surface area (TPSA) is 34.9 Å². The molecule has 0 spiro atoms. The molecule has 1 heterocycles. The minimum absolute atomic E-state index is 0.209. The molecule has 0 saturated heterocycles. The molecular formula is C12H11FN2O. The second-order valence-electron chi connectivity index (χ2n) is 3.37. The number of aryl methyl sites for hydroxylation is 1. The van der Waals surface area contributed by atoms with Gasteiger partial charge in [0.25, 0.3) is 0 Å².